The number of nitrogens with zero attached hydrogens (tertiary/aromatic N) is 3. The van der Waals surface area contributed by atoms with Gasteiger partial charge in [-0.05, 0) is 63.3 Å². The fourth-order valence-corrected chi connectivity index (χ4v) is 5.00. The van der Waals surface area contributed by atoms with Crippen molar-refractivity contribution in [2.75, 3.05) is 52.2 Å². The highest BCUT2D eigenvalue weighted by atomic mass is 19.1. The van der Waals surface area contributed by atoms with Crippen LogP contribution in [0.15, 0.2) is 42.5 Å². The quantitative estimate of drug-likeness (QED) is 0.657. The minimum Gasteiger partial charge on any atom is -0.395 e. The zero-order valence-electron chi connectivity index (χ0n) is 20.2. The average molecular weight is 483 g/mol. The Balaban J connectivity index is 1.50. The summed E-state index contributed by atoms with van der Waals surface area (Å²) < 4.78 is 27.6. The van der Waals surface area contributed by atoms with Crippen LogP contribution in [0.4, 0.5) is 19.3 Å². The Labute approximate surface area is 205 Å². The van der Waals surface area contributed by atoms with Crippen LogP contribution >= 0.6 is 0 Å². The number of amides is 2. The second-order valence-electron chi connectivity index (χ2n) is 9.45. The van der Waals surface area contributed by atoms with Gasteiger partial charge in [0.1, 0.15) is 11.6 Å². The lowest BCUT2D eigenvalue weighted by atomic mass is 9.74. The zero-order chi connectivity index (χ0) is 24.9. The summed E-state index contributed by atoms with van der Waals surface area (Å²) >= 11 is 0. The van der Waals surface area contributed by atoms with Crippen LogP contribution in [0.1, 0.15) is 29.9 Å². The SMILES string of the molecule is CN(C)CC#Cc1ccc([C@@H]2[C@@H](CO)N3CCCCN(C(=O)Nc4cc(F)ccc4F)C[C@H]23)cc1. The molecule has 0 aromatic heterocycles. The number of fused-ring (bicyclic) bond motifs is 1. The molecule has 186 valence electrons. The molecule has 2 aliphatic heterocycles. The van der Waals surface area contributed by atoms with Gasteiger partial charge in [-0.2, -0.15) is 0 Å². The molecule has 8 heteroatoms. The smallest absolute Gasteiger partial charge is 0.321 e. The summed E-state index contributed by atoms with van der Waals surface area (Å²) in [7, 11) is 3.95. The van der Waals surface area contributed by atoms with Crippen molar-refractivity contribution < 1.29 is 18.7 Å². The second kappa shape index (κ2) is 11.2. The molecule has 2 aliphatic rings. The molecule has 35 heavy (non-hydrogen) atoms. The Morgan fingerprint density at radius 2 is 1.89 bits per heavy atom. The molecule has 2 amide bonds. The van der Waals surface area contributed by atoms with E-state index in [2.05, 4.69) is 34.2 Å². The van der Waals surface area contributed by atoms with Crippen molar-refractivity contribution in [3.05, 3.63) is 65.2 Å². The number of urea groups is 1. The van der Waals surface area contributed by atoms with E-state index in [0.717, 1.165) is 48.7 Å². The highest BCUT2D eigenvalue weighted by Gasteiger charge is 2.49. The van der Waals surface area contributed by atoms with E-state index in [-0.39, 0.29) is 30.3 Å². The number of carbonyl (C=O) groups excluding carboxylic acids is 1. The van der Waals surface area contributed by atoms with E-state index in [9.17, 15) is 18.7 Å². The van der Waals surface area contributed by atoms with Crippen molar-refractivity contribution in [1.82, 2.24) is 14.7 Å². The predicted octanol–water partition coefficient (Wildman–Crippen LogP) is 3.33. The van der Waals surface area contributed by atoms with Gasteiger partial charge < -0.3 is 15.3 Å². The Bertz CT molecular complexity index is 1100. The first kappa shape index (κ1) is 25.1. The Kier molecular flexibility index (Phi) is 8.01. The van der Waals surface area contributed by atoms with Gasteiger partial charge in [0.25, 0.3) is 0 Å². The first-order valence-corrected chi connectivity index (χ1v) is 12.0. The van der Waals surface area contributed by atoms with Gasteiger partial charge in [0, 0.05) is 42.7 Å². The van der Waals surface area contributed by atoms with Crippen molar-refractivity contribution >= 4 is 11.7 Å². The number of anilines is 1. The van der Waals surface area contributed by atoms with Crippen molar-refractivity contribution in [2.45, 2.75) is 30.8 Å². The minimum absolute atomic E-state index is 0.0191. The molecule has 2 heterocycles. The number of hydrogen-bond acceptors (Lipinski definition) is 4. The van der Waals surface area contributed by atoms with Gasteiger partial charge in [-0.3, -0.25) is 9.80 Å². The lowest BCUT2D eigenvalue weighted by Gasteiger charge is -2.57. The standard InChI is InChI=1S/C27H32F2N4O2/c1-31(2)13-5-6-19-7-9-20(10-8-19)26-24-17-32(14-3-4-15-33(24)25(26)18-34)27(35)30-23-16-21(28)11-12-22(23)29/h7-12,16,24-26,34H,3-4,13-15,17-18H2,1-2H3,(H,30,35)/t24-,25-,26+/m1/s1. The van der Waals surface area contributed by atoms with Crippen LogP contribution in [0.25, 0.3) is 0 Å². The van der Waals surface area contributed by atoms with Crippen molar-refractivity contribution in [2.24, 2.45) is 0 Å². The zero-order valence-corrected chi connectivity index (χ0v) is 20.2. The number of benzene rings is 2. The molecule has 0 radical (unpaired) electrons. The fraction of sp³-hybridized carbons (Fsp3) is 0.444. The third-order valence-corrected chi connectivity index (χ3v) is 6.75. The van der Waals surface area contributed by atoms with Crippen molar-refractivity contribution in [3.8, 4) is 11.8 Å². The van der Waals surface area contributed by atoms with E-state index in [0.29, 0.717) is 19.6 Å². The van der Waals surface area contributed by atoms with Crippen molar-refractivity contribution in [3.63, 3.8) is 0 Å². The van der Waals surface area contributed by atoms with E-state index in [4.69, 9.17) is 0 Å². The number of rotatable bonds is 4. The first-order chi connectivity index (χ1) is 16.9. The highest BCUT2D eigenvalue weighted by molar-refractivity contribution is 5.89. The predicted molar refractivity (Wildman–Crippen MR) is 132 cm³/mol. The van der Waals surface area contributed by atoms with Crippen LogP contribution in [0.2, 0.25) is 0 Å². The van der Waals surface area contributed by atoms with Gasteiger partial charge in [0.05, 0.1) is 18.8 Å². The highest BCUT2D eigenvalue weighted by Crippen LogP contribution is 2.42. The molecule has 0 saturated carbocycles. The molecule has 0 spiro atoms. The molecule has 2 aromatic rings. The molecule has 2 aromatic carbocycles. The van der Waals surface area contributed by atoms with E-state index in [1.54, 1.807) is 4.90 Å². The van der Waals surface area contributed by atoms with Crippen LogP contribution in [0, 0.1) is 23.5 Å². The maximum atomic E-state index is 14.1. The number of carbonyl (C=O) groups is 1. The molecule has 2 saturated heterocycles. The topological polar surface area (TPSA) is 59.1 Å². The number of aliphatic hydroxyl groups excluding tert-OH is 1. The van der Waals surface area contributed by atoms with Gasteiger partial charge in [0.2, 0.25) is 0 Å². The largest absolute Gasteiger partial charge is 0.395 e. The number of halogens is 2. The maximum absolute atomic E-state index is 14.1. The molecule has 3 atom stereocenters. The van der Waals surface area contributed by atoms with Crippen LogP contribution in [-0.2, 0) is 0 Å². The third kappa shape index (κ3) is 5.81. The van der Waals surface area contributed by atoms with Gasteiger partial charge in [0.15, 0.2) is 0 Å². The summed E-state index contributed by atoms with van der Waals surface area (Å²) in [5, 5.41) is 12.7. The van der Waals surface area contributed by atoms with Crippen LogP contribution < -0.4 is 5.32 Å². The number of hydrogen-bond donors (Lipinski definition) is 2. The van der Waals surface area contributed by atoms with Crippen molar-refractivity contribution in [1.29, 1.82) is 0 Å². The Morgan fingerprint density at radius 3 is 2.60 bits per heavy atom. The molecule has 2 N–H and O–H groups in total. The summed E-state index contributed by atoms with van der Waals surface area (Å²) in [6.07, 6.45) is 1.68. The molecular formula is C27H32F2N4O2. The van der Waals surface area contributed by atoms with Gasteiger partial charge in [-0.15, -0.1) is 0 Å². The summed E-state index contributed by atoms with van der Waals surface area (Å²) in [4.78, 5) is 18.9. The second-order valence-corrected chi connectivity index (χ2v) is 9.45. The first-order valence-electron chi connectivity index (χ1n) is 12.0. The summed E-state index contributed by atoms with van der Waals surface area (Å²) in [5.74, 6) is 5.06. The van der Waals surface area contributed by atoms with Gasteiger partial charge in [-0.1, -0.05) is 24.0 Å². The molecule has 0 unspecified atom stereocenters. The lowest BCUT2D eigenvalue weighted by molar-refractivity contribution is -0.0585. The molecule has 0 aliphatic carbocycles. The third-order valence-electron chi connectivity index (χ3n) is 6.75. The van der Waals surface area contributed by atoms with Crippen LogP contribution in [-0.4, -0.2) is 84.8 Å². The minimum atomic E-state index is -0.677. The van der Waals surface area contributed by atoms with E-state index >= 15 is 0 Å². The maximum Gasteiger partial charge on any atom is 0.321 e. The van der Waals surface area contributed by atoms with E-state index < -0.39 is 17.7 Å². The van der Waals surface area contributed by atoms with Crippen LogP contribution in [0.3, 0.4) is 0 Å². The van der Waals surface area contributed by atoms with Gasteiger partial charge in [-0.25, -0.2) is 13.6 Å². The molecular weight excluding hydrogens is 450 g/mol. The summed E-state index contributed by atoms with van der Waals surface area (Å²) in [6, 6.07) is 10.7. The Hall–Kier alpha value is -2.99. The summed E-state index contributed by atoms with van der Waals surface area (Å²) in [5.41, 5.74) is 1.86. The monoisotopic (exact) mass is 482 g/mol. The molecule has 4 rings (SSSR count). The van der Waals surface area contributed by atoms with Crippen LogP contribution in [0.5, 0.6) is 0 Å². The van der Waals surface area contributed by atoms with Gasteiger partial charge >= 0.3 is 6.03 Å². The van der Waals surface area contributed by atoms with E-state index in [1.165, 1.54) is 0 Å². The summed E-state index contributed by atoms with van der Waals surface area (Å²) in [6.45, 7) is 2.55. The Morgan fingerprint density at radius 1 is 1.14 bits per heavy atom. The molecule has 2 fully saturated rings. The number of nitrogens with one attached hydrogen (secondary N) is 1. The fourth-order valence-electron chi connectivity index (χ4n) is 5.00. The molecule has 0 bridgehead atoms. The van der Waals surface area contributed by atoms with E-state index in [1.807, 2.05) is 31.1 Å². The normalized spacial score (nSPS) is 22.3. The number of aliphatic hydroxyl groups is 1. The molecule has 6 nitrogen and oxygen atoms in total. The average Bonchev–Trinajstić information content (AvgIpc) is 2.81. The lowest BCUT2D eigenvalue weighted by Crippen LogP contribution is -2.68.